The lowest BCUT2D eigenvalue weighted by Gasteiger charge is -2.18. The molecule has 0 bridgehead atoms. The number of hydrogen-bond donors (Lipinski definition) is 2. The number of nitriles is 1. The van der Waals surface area contributed by atoms with Crippen molar-refractivity contribution in [2.45, 2.75) is 19.3 Å². The lowest BCUT2D eigenvalue weighted by molar-refractivity contribution is -0.274. The van der Waals surface area contributed by atoms with Crippen LogP contribution in [-0.4, -0.2) is 27.9 Å². The van der Waals surface area contributed by atoms with Crippen LogP contribution >= 0.6 is 11.6 Å². The number of benzene rings is 2. The minimum atomic E-state index is -5.03. The maximum Gasteiger partial charge on any atom is 0.573 e. The molecule has 8 nitrogen and oxygen atoms in total. The molecule has 0 saturated heterocycles. The molecule has 12 heteroatoms. The van der Waals surface area contributed by atoms with Gasteiger partial charge in [0.1, 0.15) is 17.9 Å². The van der Waals surface area contributed by atoms with Gasteiger partial charge in [-0.3, -0.25) is 9.59 Å². The van der Waals surface area contributed by atoms with Crippen LogP contribution in [0, 0.1) is 11.3 Å². The highest BCUT2D eigenvalue weighted by Crippen LogP contribution is 2.37. The lowest BCUT2D eigenvalue weighted by Crippen LogP contribution is -2.31. The SMILES string of the molecule is CC(C(=O)Nc1ccc(C(=O)O)cc1)n1cc(C#N)c(-c2cc(Cl)ccc2OC(F)(F)F)cc1=O. The molecule has 180 valence electrons. The van der Waals surface area contributed by atoms with E-state index in [0.717, 1.165) is 35.0 Å². The summed E-state index contributed by atoms with van der Waals surface area (Å²) in [5.41, 5.74) is -1.09. The first-order valence-corrected chi connectivity index (χ1v) is 10.1. The number of rotatable bonds is 6. The zero-order valence-corrected chi connectivity index (χ0v) is 18.5. The van der Waals surface area contributed by atoms with E-state index in [1.54, 1.807) is 6.07 Å². The minimum Gasteiger partial charge on any atom is -0.478 e. The number of carboxylic acids is 1. The van der Waals surface area contributed by atoms with E-state index in [2.05, 4.69) is 10.1 Å². The highest BCUT2D eigenvalue weighted by molar-refractivity contribution is 6.31. The van der Waals surface area contributed by atoms with Crippen molar-refractivity contribution >= 4 is 29.2 Å². The van der Waals surface area contributed by atoms with Gasteiger partial charge in [-0.25, -0.2) is 4.79 Å². The molecule has 0 radical (unpaired) electrons. The highest BCUT2D eigenvalue weighted by Gasteiger charge is 2.33. The third-order valence-corrected chi connectivity index (χ3v) is 5.09. The van der Waals surface area contributed by atoms with Gasteiger partial charge in [0, 0.05) is 34.1 Å². The van der Waals surface area contributed by atoms with E-state index < -0.39 is 35.6 Å². The molecule has 35 heavy (non-hydrogen) atoms. The number of carboxylic acid groups (broad SMARTS) is 1. The van der Waals surface area contributed by atoms with Gasteiger partial charge in [-0.1, -0.05) is 11.6 Å². The lowest BCUT2D eigenvalue weighted by atomic mass is 10.0. The van der Waals surface area contributed by atoms with Crippen molar-refractivity contribution in [1.82, 2.24) is 4.57 Å². The Bertz CT molecular complexity index is 1400. The summed E-state index contributed by atoms with van der Waals surface area (Å²) in [6.07, 6.45) is -3.98. The normalized spacial score (nSPS) is 11.9. The summed E-state index contributed by atoms with van der Waals surface area (Å²) in [6.45, 7) is 1.38. The molecule has 1 unspecified atom stereocenters. The van der Waals surface area contributed by atoms with Gasteiger partial charge in [0.05, 0.1) is 11.1 Å². The summed E-state index contributed by atoms with van der Waals surface area (Å²) < 4.78 is 43.5. The molecule has 0 aliphatic carbocycles. The van der Waals surface area contributed by atoms with E-state index >= 15 is 0 Å². The monoisotopic (exact) mass is 505 g/mol. The summed E-state index contributed by atoms with van der Waals surface area (Å²) in [4.78, 5) is 36.4. The molecule has 3 aromatic rings. The van der Waals surface area contributed by atoms with Crippen LogP contribution in [0.25, 0.3) is 11.1 Å². The molecule has 0 aliphatic heterocycles. The van der Waals surface area contributed by atoms with Gasteiger partial charge in [0.2, 0.25) is 5.91 Å². The zero-order chi connectivity index (χ0) is 25.9. The number of aromatic carboxylic acids is 1. The van der Waals surface area contributed by atoms with Crippen LogP contribution in [0.5, 0.6) is 5.75 Å². The Morgan fingerprint density at radius 1 is 1.14 bits per heavy atom. The third kappa shape index (κ3) is 5.99. The molecule has 1 aromatic heterocycles. The summed E-state index contributed by atoms with van der Waals surface area (Å²) in [6, 6.07) is 10.1. The Labute approximate surface area is 200 Å². The molecule has 2 N–H and O–H groups in total. The number of halogens is 4. The summed E-state index contributed by atoms with van der Waals surface area (Å²) in [7, 11) is 0. The Balaban J connectivity index is 1.97. The van der Waals surface area contributed by atoms with E-state index in [9.17, 15) is 32.8 Å². The predicted octanol–water partition coefficient (Wildman–Crippen LogP) is 4.84. The fourth-order valence-corrected chi connectivity index (χ4v) is 3.33. The number of nitrogens with one attached hydrogen (secondary N) is 1. The van der Waals surface area contributed by atoms with Crippen LogP contribution in [0.4, 0.5) is 18.9 Å². The fourth-order valence-electron chi connectivity index (χ4n) is 3.16. The number of anilines is 1. The molecule has 0 fully saturated rings. The molecule has 0 spiro atoms. The number of amides is 1. The number of carbonyl (C=O) groups is 2. The second kappa shape index (κ2) is 9.90. The minimum absolute atomic E-state index is 0.0106. The smallest absolute Gasteiger partial charge is 0.478 e. The number of hydrogen-bond acceptors (Lipinski definition) is 5. The number of aromatic nitrogens is 1. The summed E-state index contributed by atoms with van der Waals surface area (Å²) in [5, 5.41) is 21.1. The number of pyridine rings is 1. The largest absolute Gasteiger partial charge is 0.573 e. The van der Waals surface area contributed by atoms with Crippen molar-refractivity contribution < 1.29 is 32.6 Å². The van der Waals surface area contributed by atoms with Crippen molar-refractivity contribution in [1.29, 1.82) is 5.26 Å². The van der Waals surface area contributed by atoms with Crippen LogP contribution in [0.15, 0.2) is 59.5 Å². The Hall–Kier alpha value is -4.30. The van der Waals surface area contributed by atoms with E-state index in [1.165, 1.54) is 31.2 Å². The zero-order valence-electron chi connectivity index (χ0n) is 17.8. The van der Waals surface area contributed by atoms with Crippen LogP contribution in [-0.2, 0) is 4.79 Å². The van der Waals surface area contributed by atoms with Gasteiger partial charge in [0.25, 0.3) is 5.56 Å². The van der Waals surface area contributed by atoms with Crippen LogP contribution in [0.2, 0.25) is 5.02 Å². The van der Waals surface area contributed by atoms with Crippen LogP contribution < -0.4 is 15.6 Å². The third-order valence-electron chi connectivity index (χ3n) is 4.85. The number of nitrogens with zero attached hydrogens (tertiary/aromatic N) is 2. The van der Waals surface area contributed by atoms with E-state index in [4.69, 9.17) is 16.7 Å². The van der Waals surface area contributed by atoms with Crippen LogP contribution in [0.3, 0.4) is 0 Å². The highest BCUT2D eigenvalue weighted by atomic mass is 35.5. The van der Waals surface area contributed by atoms with Crippen molar-refractivity contribution in [2.24, 2.45) is 0 Å². The van der Waals surface area contributed by atoms with Gasteiger partial charge in [-0.05, 0) is 49.4 Å². The topological polar surface area (TPSA) is 121 Å². The Kier molecular flexibility index (Phi) is 7.17. The van der Waals surface area contributed by atoms with Gasteiger partial charge in [-0.15, -0.1) is 13.2 Å². The number of ether oxygens (including phenoxy) is 1. The Morgan fingerprint density at radius 2 is 1.80 bits per heavy atom. The Morgan fingerprint density at radius 3 is 2.37 bits per heavy atom. The van der Waals surface area contributed by atoms with Crippen molar-refractivity contribution in [3.05, 3.63) is 81.2 Å². The van der Waals surface area contributed by atoms with Gasteiger partial charge < -0.3 is 19.7 Å². The second-order valence-electron chi connectivity index (χ2n) is 7.19. The van der Waals surface area contributed by atoms with Gasteiger partial charge in [0.15, 0.2) is 0 Å². The quantitative estimate of drug-likeness (QED) is 0.494. The van der Waals surface area contributed by atoms with E-state index in [0.29, 0.717) is 0 Å². The average Bonchev–Trinajstić information content (AvgIpc) is 2.79. The first-order valence-electron chi connectivity index (χ1n) is 9.76. The van der Waals surface area contributed by atoms with Gasteiger partial charge in [-0.2, -0.15) is 5.26 Å². The molecule has 0 aliphatic rings. The second-order valence-corrected chi connectivity index (χ2v) is 7.63. The maximum atomic E-state index is 12.8. The molecule has 1 heterocycles. The van der Waals surface area contributed by atoms with Crippen molar-refractivity contribution in [3.8, 4) is 22.9 Å². The fraction of sp³-hybridized carbons (Fsp3) is 0.130. The molecule has 3 rings (SSSR count). The maximum absolute atomic E-state index is 12.8. The molecular formula is C23H15ClF3N3O5. The predicted molar refractivity (Wildman–Crippen MR) is 119 cm³/mol. The van der Waals surface area contributed by atoms with Crippen molar-refractivity contribution in [2.75, 3.05) is 5.32 Å². The molecule has 1 amide bonds. The van der Waals surface area contributed by atoms with Crippen LogP contribution in [0.1, 0.15) is 28.9 Å². The molecule has 1 atom stereocenters. The molecular weight excluding hydrogens is 491 g/mol. The van der Waals surface area contributed by atoms with E-state index in [1.807, 2.05) is 0 Å². The van der Waals surface area contributed by atoms with E-state index in [-0.39, 0.29) is 33.0 Å². The first kappa shape index (κ1) is 25.3. The standard InChI is InChI=1S/C23H15ClF3N3O5/c1-12(21(32)29-16-5-2-13(3-6-16)22(33)34)30-11-14(10-28)17(9-20(30)31)18-8-15(24)4-7-19(18)35-23(25,26)27/h2-9,11-12H,1H3,(H,29,32)(H,33,34). The first-order chi connectivity index (χ1) is 16.4. The van der Waals surface area contributed by atoms with Gasteiger partial charge >= 0.3 is 12.3 Å². The summed E-state index contributed by atoms with van der Waals surface area (Å²) in [5.74, 6) is -2.46. The molecule has 2 aromatic carbocycles. The number of alkyl halides is 3. The van der Waals surface area contributed by atoms with Crippen molar-refractivity contribution in [3.63, 3.8) is 0 Å². The average molecular weight is 506 g/mol. The summed E-state index contributed by atoms with van der Waals surface area (Å²) >= 11 is 5.91. The number of carbonyl (C=O) groups excluding carboxylic acids is 1. The molecule has 0 saturated carbocycles.